The molecule has 29 heavy (non-hydrogen) atoms. The van der Waals surface area contributed by atoms with Crippen molar-refractivity contribution < 1.29 is 18.7 Å². The number of benzene rings is 2. The van der Waals surface area contributed by atoms with E-state index < -0.39 is 5.91 Å². The van der Waals surface area contributed by atoms with E-state index in [1.165, 1.54) is 6.07 Å². The number of anilines is 1. The Morgan fingerprint density at radius 2 is 1.76 bits per heavy atom. The van der Waals surface area contributed by atoms with Crippen molar-refractivity contribution in [3.8, 4) is 22.8 Å². The third kappa shape index (κ3) is 4.48. The summed E-state index contributed by atoms with van der Waals surface area (Å²) in [4.78, 5) is 12.4. The smallest absolute Gasteiger partial charge is 0.293 e. The van der Waals surface area contributed by atoms with E-state index in [1.807, 2.05) is 0 Å². The maximum absolute atomic E-state index is 12.4. The van der Waals surface area contributed by atoms with Gasteiger partial charge in [-0.3, -0.25) is 10.1 Å². The molecule has 1 aliphatic rings. The molecule has 1 aliphatic heterocycles. The first kappa shape index (κ1) is 19.6. The molecule has 0 aliphatic carbocycles. The summed E-state index contributed by atoms with van der Waals surface area (Å²) in [5.41, 5.74) is 1.25. The van der Waals surface area contributed by atoms with Gasteiger partial charge in [-0.1, -0.05) is 23.2 Å². The van der Waals surface area contributed by atoms with E-state index in [9.17, 15) is 4.79 Å². The molecule has 1 amide bonds. The molecule has 6 nitrogen and oxygen atoms in total. The number of hydrogen-bond donors (Lipinski definition) is 2. The fourth-order valence-corrected chi connectivity index (χ4v) is 3.33. The quantitative estimate of drug-likeness (QED) is 0.539. The number of halogens is 2. The second-order valence-electron chi connectivity index (χ2n) is 6.05. The topological polar surface area (TPSA) is 72.7 Å². The Bertz CT molecular complexity index is 1100. The minimum absolute atomic E-state index is 0.0855. The fourth-order valence-electron chi connectivity index (χ4n) is 2.74. The van der Waals surface area contributed by atoms with Crippen LogP contribution in [0.1, 0.15) is 10.6 Å². The van der Waals surface area contributed by atoms with Gasteiger partial charge < -0.3 is 19.2 Å². The summed E-state index contributed by atoms with van der Waals surface area (Å²) in [7, 11) is 0. The molecule has 0 spiro atoms. The second-order valence-corrected chi connectivity index (χ2v) is 7.31. The standard InChI is InChI=1S/C20H14Cl2N2O4S/c21-11-1-3-14(22)13(9-11)15-5-6-17(28-15)19(25)24-20(29)23-12-2-4-16-18(10-12)27-8-7-26-16/h1-6,9-10H,7-8H2,(H2,23,24,25,29). The number of nitrogens with one attached hydrogen (secondary N) is 2. The first-order valence-corrected chi connectivity index (χ1v) is 9.73. The molecule has 2 N–H and O–H groups in total. The van der Waals surface area contributed by atoms with E-state index in [4.69, 9.17) is 49.3 Å². The lowest BCUT2D eigenvalue weighted by Gasteiger charge is -2.19. The molecule has 0 saturated carbocycles. The van der Waals surface area contributed by atoms with Crippen LogP contribution in [-0.4, -0.2) is 24.2 Å². The van der Waals surface area contributed by atoms with Gasteiger partial charge in [0.25, 0.3) is 5.91 Å². The van der Waals surface area contributed by atoms with Crippen LogP contribution in [0.5, 0.6) is 11.5 Å². The number of ether oxygens (including phenoxy) is 2. The van der Waals surface area contributed by atoms with E-state index in [2.05, 4.69) is 10.6 Å². The van der Waals surface area contributed by atoms with Crippen molar-refractivity contribution in [3.63, 3.8) is 0 Å². The highest BCUT2D eigenvalue weighted by Gasteiger charge is 2.16. The second kappa shape index (κ2) is 8.32. The number of rotatable bonds is 3. The molecule has 2 heterocycles. The normalized spacial score (nSPS) is 12.3. The molecule has 0 radical (unpaired) electrons. The third-order valence-electron chi connectivity index (χ3n) is 4.05. The summed E-state index contributed by atoms with van der Waals surface area (Å²) in [6.07, 6.45) is 0. The van der Waals surface area contributed by atoms with Gasteiger partial charge in [0.05, 0.1) is 5.02 Å². The lowest BCUT2D eigenvalue weighted by Crippen LogP contribution is -2.33. The summed E-state index contributed by atoms with van der Waals surface area (Å²) < 4.78 is 16.6. The monoisotopic (exact) mass is 448 g/mol. The van der Waals surface area contributed by atoms with E-state index in [0.29, 0.717) is 51.8 Å². The van der Waals surface area contributed by atoms with Crippen LogP contribution in [0, 0.1) is 0 Å². The van der Waals surface area contributed by atoms with Crippen LogP contribution in [0.4, 0.5) is 5.69 Å². The van der Waals surface area contributed by atoms with E-state index >= 15 is 0 Å². The van der Waals surface area contributed by atoms with Crippen molar-refractivity contribution in [2.45, 2.75) is 0 Å². The number of carbonyl (C=O) groups is 1. The first-order chi connectivity index (χ1) is 14.0. The molecule has 0 atom stereocenters. The van der Waals surface area contributed by atoms with Crippen LogP contribution in [0.25, 0.3) is 11.3 Å². The Labute approximate surface area is 181 Å². The van der Waals surface area contributed by atoms with Gasteiger partial charge in [-0.2, -0.15) is 0 Å². The number of furan rings is 1. The van der Waals surface area contributed by atoms with Crippen molar-refractivity contribution in [1.82, 2.24) is 5.32 Å². The molecule has 148 valence electrons. The maximum Gasteiger partial charge on any atom is 0.293 e. The molecular weight excluding hydrogens is 435 g/mol. The molecule has 0 fully saturated rings. The van der Waals surface area contributed by atoms with Gasteiger partial charge in [0, 0.05) is 22.3 Å². The first-order valence-electron chi connectivity index (χ1n) is 8.57. The zero-order valence-electron chi connectivity index (χ0n) is 14.8. The number of thiocarbonyl (C=S) groups is 1. The lowest BCUT2D eigenvalue weighted by molar-refractivity contribution is 0.0951. The highest BCUT2D eigenvalue weighted by Crippen LogP contribution is 2.33. The van der Waals surface area contributed by atoms with Crippen LogP contribution < -0.4 is 20.1 Å². The zero-order valence-corrected chi connectivity index (χ0v) is 17.2. The van der Waals surface area contributed by atoms with Gasteiger partial charge in [0.1, 0.15) is 19.0 Å². The Kier molecular flexibility index (Phi) is 5.62. The molecule has 1 aromatic heterocycles. The number of hydrogen-bond acceptors (Lipinski definition) is 5. The summed E-state index contributed by atoms with van der Waals surface area (Å²) >= 11 is 17.4. The molecule has 9 heteroatoms. The Morgan fingerprint density at radius 1 is 0.966 bits per heavy atom. The van der Waals surface area contributed by atoms with E-state index in [1.54, 1.807) is 42.5 Å². The van der Waals surface area contributed by atoms with Crippen LogP contribution >= 0.6 is 35.4 Å². The van der Waals surface area contributed by atoms with Gasteiger partial charge in [-0.05, 0) is 54.7 Å². The van der Waals surface area contributed by atoms with Crippen LogP contribution in [0.15, 0.2) is 52.9 Å². The predicted octanol–water partition coefficient (Wildman–Crippen LogP) is 5.15. The Morgan fingerprint density at radius 3 is 2.59 bits per heavy atom. The largest absolute Gasteiger partial charge is 0.486 e. The molecule has 3 aromatic rings. The van der Waals surface area contributed by atoms with Crippen molar-refractivity contribution >= 4 is 52.1 Å². The van der Waals surface area contributed by atoms with Gasteiger partial charge >= 0.3 is 0 Å². The average Bonchev–Trinajstić information content (AvgIpc) is 3.20. The molecule has 0 bridgehead atoms. The Hall–Kier alpha value is -2.74. The van der Waals surface area contributed by atoms with Gasteiger partial charge in [-0.15, -0.1) is 0 Å². The summed E-state index contributed by atoms with van der Waals surface area (Å²) in [5, 5.41) is 6.59. The molecule has 4 rings (SSSR count). The third-order valence-corrected chi connectivity index (χ3v) is 4.82. The summed E-state index contributed by atoms with van der Waals surface area (Å²) in [6, 6.07) is 13.5. The zero-order chi connectivity index (χ0) is 20.4. The van der Waals surface area contributed by atoms with Crippen molar-refractivity contribution in [3.05, 3.63) is 64.3 Å². The van der Waals surface area contributed by atoms with Crippen molar-refractivity contribution in [2.24, 2.45) is 0 Å². The molecule has 0 saturated heterocycles. The SMILES string of the molecule is O=C(NC(=S)Nc1ccc2c(c1)OCCO2)c1ccc(-c2cc(Cl)ccc2Cl)o1. The predicted molar refractivity (Wildman–Crippen MR) is 115 cm³/mol. The van der Waals surface area contributed by atoms with Gasteiger partial charge in [0.15, 0.2) is 22.4 Å². The summed E-state index contributed by atoms with van der Waals surface area (Å²) in [6.45, 7) is 0.995. The van der Waals surface area contributed by atoms with E-state index in [-0.39, 0.29) is 10.9 Å². The summed E-state index contributed by atoms with van der Waals surface area (Å²) in [5.74, 6) is 1.30. The lowest BCUT2D eigenvalue weighted by atomic mass is 10.2. The number of amides is 1. The van der Waals surface area contributed by atoms with E-state index in [0.717, 1.165) is 0 Å². The fraction of sp³-hybridized carbons (Fsp3) is 0.100. The minimum atomic E-state index is -0.496. The highest BCUT2D eigenvalue weighted by atomic mass is 35.5. The van der Waals surface area contributed by atoms with Crippen LogP contribution in [0.3, 0.4) is 0 Å². The van der Waals surface area contributed by atoms with Gasteiger partial charge in [0.2, 0.25) is 0 Å². The average molecular weight is 449 g/mol. The molecule has 2 aromatic carbocycles. The highest BCUT2D eigenvalue weighted by molar-refractivity contribution is 7.80. The molecule has 0 unspecified atom stereocenters. The van der Waals surface area contributed by atoms with Crippen LogP contribution in [-0.2, 0) is 0 Å². The van der Waals surface area contributed by atoms with Gasteiger partial charge in [-0.25, -0.2) is 0 Å². The van der Waals surface area contributed by atoms with Crippen molar-refractivity contribution in [2.75, 3.05) is 18.5 Å². The Balaban J connectivity index is 1.42. The van der Waals surface area contributed by atoms with Crippen LogP contribution in [0.2, 0.25) is 10.0 Å². The number of carbonyl (C=O) groups excluding carboxylic acids is 1. The molecular formula is C20H14Cl2N2O4S. The number of fused-ring (bicyclic) bond motifs is 1. The minimum Gasteiger partial charge on any atom is -0.486 e. The maximum atomic E-state index is 12.4. The van der Waals surface area contributed by atoms with Crippen molar-refractivity contribution in [1.29, 1.82) is 0 Å².